The average molecular weight is 235 g/mol. The second-order valence-electron chi connectivity index (χ2n) is 4.65. The summed E-state index contributed by atoms with van der Waals surface area (Å²) in [5.74, 6) is 0. The molecule has 1 aliphatic carbocycles. The van der Waals surface area contributed by atoms with Gasteiger partial charge in [0.25, 0.3) is 0 Å². The third kappa shape index (κ3) is 2.30. The van der Waals surface area contributed by atoms with E-state index in [2.05, 4.69) is 59.9 Å². The number of hydrogen-bond acceptors (Lipinski definition) is 1. The lowest BCUT2D eigenvalue weighted by Crippen LogP contribution is -2.27. The van der Waals surface area contributed by atoms with Crippen LogP contribution in [0.15, 0.2) is 54.6 Å². The molecular formula is C17H17N. The molecule has 0 atom stereocenters. The molecule has 1 aliphatic rings. The van der Waals surface area contributed by atoms with E-state index in [9.17, 15) is 0 Å². The van der Waals surface area contributed by atoms with Gasteiger partial charge >= 0.3 is 0 Å². The van der Waals surface area contributed by atoms with Crippen LogP contribution in [0.4, 0.5) is 5.69 Å². The number of benzene rings is 2. The zero-order chi connectivity index (χ0) is 12.2. The van der Waals surface area contributed by atoms with E-state index < -0.39 is 0 Å². The molecule has 0 aromatic heterocycles. The van der Waals surface area contributed by atoms with E-state index in [0.29, 0.717) is 0 Å². The molecule has 0 bridgehead atoms. The summed E-state index contributed by atoms with van der Waals surface area (Å²) >= 11 is 0. The fourth-order valence-electron chi connectivity index (χ4n) is 2.45. The minimum atomic E-state index is 1.11. The lowest BCUT2D eigenvalue weighted by atomic mass is 10.1. The first-order valence-corrected chi connectivity index (χ1v) is 6.54. The Morgan fingerprint density at radius 2 is 1.61 bits per heavy atom. The molecule has 0 fully saturated rings. The Morgan fingerprint density at radius 3 is 2.50 bits per heavy atom. The van der Waals surface area contributed by atoms with Crippen LogP contribution in [0, 0.1) is 0 Å². The summed E-state index contributed by atoms with van der Waals surface area (Å²) in [6.07, 6.45) is 5.83. The molecule has 18 heavy (non-hydrogen) atoms. The maximum absolute atomic E-state index is 3.57. The molecule has 0 radical (unpaired) electrons. The molecule has 0 heterocycles. The minimum absolute atomic E-state index is 1.11. The van der Waals surface area contributed by atoms with Crippen molar-refractivity contribution in [1.29, 1.82) is 0 Å². The largest absolute Gasteiger partial charge is 0.358 e. The monoisotopic (exact) mass is 235 g/mol. The van der Waals surface area contributed by atoms with Crippen LogP contribution in [0.1, 0.15) is 19.3 Å². The summed E-state index contributed by atoms with van der Waals surface area (Å²) in [7, 11) is 0. The second-order valence-corrected chi connectivity index (χ2v) is 4.65. The van der Waals surface area contributed by atoms with Gasteiger partial charge in [-0.05, 0) is 36.6 Å². The number of nitrogens with one attached hydrogen (secondary N) is 1. The molecule has 1 nitrogen and oxygen atoms in total. The lowest BCUT2D eigenvalue weighted by molar-refractivity contribution is 0.905. The van der Waals surface area contributed by atoms with Crippen LogP contribution in [-0.2, 0) is 0 Å². The summed E-state index contributed by atoms with van der Waals surface area (Å²) in [6.45, 7) is 0. The molecule has 0 saturated carbocycles. The first-order chi connectivity index (χ1) is 8.93. The van der Waals surface area contributed by atoms with Gasteiger partial charge in [-0.2, -0.15) is 0 Å². The van der Waals surface area contributed by atoms with E-state index in [1.54, 1.807) is 0 Å². The first-order valence-electron chi connectivity index (χ1n) is 6.54. The van der Waals surface area contributed by atoms with Crippen LogP contribution >= 0.6 is 0 Å². The molecular weight excluding hydrogens is 218 g/mol. The number of rotatable bonds is 2. The third-order valence-corrected chi connectivity index (χ3v) is 3.35. The van der Waals surface area contributed by atoms with E-state index >= 15 is 0 Å². The Hall–Kier alpha value is -2.02. The van der Waals surface area contributed by atoms with Crippen LogP contribution in [0.3, 0.4) is 0 Å². The van der Waals surface area contributed by atoms with Crippen molar-refractivity contribution in [3.8, 4) is 0 Å². The Bertz CT molecular complexity index is 641. The summed E-state index contributed by atoms with van der Waals surface area (Å²) in [6, 6.07) is 19.1. The van der Waals surface area contributed by atoms with Gasteiger partial charge in [-0.3, -0.25) is 0 Å². The number of para-hydroxylation sites is 1. The molecule has 90 valence electrons. The SMILES string of the molecule is C1=c2ccccc2=C(Nc2ccccc2)CCC1. The van der Waals surface area contributed by atoms with Gasteiger partial charge in [0, 0.05) is 16.6 Å². The third-order valence-electron chi connectivity index (χ3n) is 3.35. The van der Waals surface area contributed by atoms with Gasteiger partial charge in [-0.1, -0.05) is 48.5 Å². The van der Waals surface area contributed by atoms with Crippen molar-refractivity contribution in [3.63, 3.8) is 0 Å². The molecule has 0 saturated heterocycles. The van der Waals surface area contributed by atoms with Gasteiger partial charge in [0.1, 0.15) is 0 Å². The van der Waals surface area contributed by atoms with Crippen molar-refractivity contribution in [1.82, 2.24) is 0 Å². The predicted octanol–water partition coefficient (Wildman–Crippen LogP) is 2.87. The quantitative estimate of drug-likeness (QED) is 0.844. The van der Waals surface area contributed by atoms with Gasteiger partial charge in [0.15, 0.2) is 0 Å². The Balaban J connectivity index is 2.09. The highest BCUT2D eigenvalue weighted by atomic mass is 14.9. The van der Waals surface area contributed by atoms with Crippen molar-refractivity contribution in [3.05, 3.63) is 65.0 Å². The van der Waals surface area contributed by atoms with E-state index in [1.165, 1.54) is 28.2 Å². The standard InChI is InChI=1S/C17H17N/c1-2-10-15(11-3-1)18-17-13-7-5-9-14-8-4-6-12-16(14)17/h1-4,6,8-12,18H,5,7,13H2. The highest BCUT2D eigenvalue weighted by Gasteiger charge is 2.03. The summed E-state index contributed by atoms with van der Waals surface area (Å²) < 4.78 is 0. The summed E-state index contributed by atoms with van der Waals surface area (Å²) in [4.78, 5) is 0. The highest BCUT2D eigenvalue weighted by molar-refractivity contribution is 5.65. The molecule has 3 rings (SSSR count). The minimum Gasteiger partial charge on any atom is -0.358 e. The van der Waals surface area contributed by atoms with Crippen LogP contribution in [0.25, 0.3) is 11.8 Å². The number of hydrogen-bond donors (Lipinski definition) is 1. The van der Waals surface area contributed by atoms with Crippen LogP contribution < -0.4 is 15.8 Å². The molecule has 2 aromatic rings. The van der Waals surface area contributed by atoms with E-state index in [-0.39, 0.29) is 0 Å². The predicted molar refractivity (Wildman–Crippen MR) is 77.5 cm³/mol. The van der Waals surface area contributed by atoms with Crippen LogP contribution in [0.5, 0.6) is 0 Å². The van der Waals surface area contributed by atoms with Crippen molar-refractivity contribution in [2.45, 2.75) is 19.3 Å². The zero-order valence-electron chi connectivity index (χ0n) is 10.4. The van der Waals surface area contributed by atoms with Gasteiger partial charge in [-0.15, -0.1) is 0 Å². The summed E-state index contributed by atoms with van der Waals surface area (Å²) in [5.41, 5.74) is 2.51. The number of fused-ring (bicyclic) bond motifs is 1. The number of anilines is 1. The van der Waals surface area contributed by atoms with Crippen LogP contribution in [-0.4, -0.2) is 0 Å². The molecule has 0 amide bonds. The van der Waals surface area contributed by atoms with Gasteiger partial charge in [-0.25, -0.2) is 0 Å². The van der Waals surface area contributed by atoms with Crippen molar-refractivity contribution in [2.24, 2.45) is 0 Å². The topological polar surface area (TPSA) is 12.0 Å². The first kappa shape index (κ1) is 11.1. The van der Waals surface area contributed by atoms with Gasteiger partial charge in [0.05, 0.1) is 0 Å². The smallest absolute Gasteiger partial charge is 0.0381 e. The van der Waals surface area contributed by atoms with E-state index in [0.717, 1.165) is 12.8 Å². The molecule has 0 aliphatic heterocycles. The van der Waals surface area contributed by atoms with Crippen molar-refractivity contribution in [2.75, 3.05) is 5.32 Å². The van der Waals surface area contributed by atoms with E-state index in [1.807, 2.05) is 6.07 Å². The maximum Gasteiger partial charge on any atom is 0.0381 e. The normalized spacial score (nSPS) is 14.3. The van der Waals surface area contributed by atoms with E-state index in [4.69, 9.17) is 0 Å². The second kappa shape index (κ2) is 5.09. The summed E-state index contributed by atoms with van der Waals surface area (Å²) in [5, 5.41) is 6.27. The fraction of sp³-hybridized carbons (Fsp3) is 0.176. The Morgan fingerprint density at radius 1 is 0.833 bits per heavy atom. The fourth-order valence-corrected chi connectivity index (χ4v) is 2.45. The highest BCUT2D eigenvalue weighted by Crippen LogP contribution is 2.14. The Kier molecular flexibility index (Phi) is 3.14. The molecule has 0 unspecified atom stereocenters. The van der Waals surface area contributed by atoms with Gasteiger partial charge in [0.2, 0.25) is 0 Å². The van der Waals surface area contributed by atoms with Crippen molar-refractivity contribution >= 4 is 17.5 Å². The molecule has 1 heteroatoms. The molecule has 0 spiro atoms. The van der Waals surface area contributed by atoms with Crippen molar-refractivity contribution < 1.29 is 0 Å². The van der Waals surface area contributed by atoms with Crippen LogP contribution in [0.2, 0.25) is 0 Å². The molecule has 1 N–H and O–H groups in total. The lowest BCUT2D eigenvalue weighted by Gasteiger charge is -2.10. The maximum atomic E-state index is 3.57. The Labute approximate surface area is 107 Å². The zero-order valence-corrected chi connectivity index (χ0v) is 10.4. The molecule has 2 aromatic carbocycles. The average Bonchev–Trinajstić information content (AvgIpc) is 2.63. The van der Waals surface area contributed by atoms with Gasteiger partial charge < -0.3 is 5.32 Å².